The molecule has 0 unspecified atom stereocenters. The van der Waals surface area contributed by atoms with Crippen molar-refractivity contribution in [2.75, 3.05) is 39.3 Å². The first-order valence-electron chi connectivity index (χ1n) is 5.36. The lowest BCUT2D eigenvalue weighted by Gasteiger charge is -2.20. The fourth-order valence-electron chi connectivity index (χ4n) is 1.52. The summed E-state index contributed by atoms with van der Waals surface area (Å²) < 4.78 is 10.4. The number of anilines is 1. The maximum Gasteiger partial charge on any atom is 0.162 e. The van der Waals surface area contributed by atoms with Crippen molar-refractivity contribution in [2.45, 2.75) is 6.42 Å². The topological polar surface area (TPSA) is 47.7 Å². The van der Waals surface area contributed by atoms with Gasteiger partial charge in [-0.15, -0.1) is 0 Å². The number of ether oxygens (including phenoxy) is 2. The van der Waals surface area contributed by atoms with E-state index in [1.807, 2.05) is 25.2 Å². The van der Waals surface area contributed by atoms with E-state index in [-0.39, 0.29) is 0 Å². The van der Waals surface area contributed by atoms with Crippen LogP contribution < -0.4 is 20.1 Å². The molecule has 0 aromatic heterocycles. The van der Waals surface area contributed by atoms with Crippen LogP contribution in [0.4, 0.5) is 5.69 Å². The van der Waals surface area contributed by atoms with Crippen LogP contribution in [0.25, 0.3) is 0 Å². The van der Waals surface area contributed by atoms with E-state index in [2.05, 4.69) is 4.90 Å². The summed E-state index contributed by atoms with van der Waals surface area (Å²) in [5.74, 6) is 1.50. The largest absolute Gasteiger partial charge is 0.493 e. The molecular weight excluding hydrogens is 204 g/mol. The lowest BCUT2D eigenvalue weighted by Crippen LogP contribution is -2.20. The van der Waals surface area contributed by atoms with Crippen LogP contribution in [-0.4, -0.2) is 34.4 Å². The zero-order valence-electron chi connectivity index (χ0n) is 10.2. The molecule has 0 spiro atoms. The number of nitrogens with zero attached hydrogens (tertiary/aromatic N) is 1. The van der Waals surface area contributed by atoms with E-state index in [4.69, 9.17) is 15.2 Å². The third kappa shape index (κ3) is 3.03. The van der Waals surface area contributed by atoms with Gasteiger partial charge in [-0.05, 0) is 25.1 Å². The van der Waals surface area contributed by atoms with Gasteiger partial charge >= 0.3 is 0 Å². The summed E-state index contributed by atoms with van der Waals surface area (Å²) in [6, 6.07) is 5.89. The van der Waals surface area contributed by atoms with Gasteiger partial charge in [-0.25, -0.2) is 0 Å². The molecule has 0 heterocycles. The van der Waals surface area contributed by atoms with Crippen LogP contribution in [0.3, 0.4) is 0 Å². The Morgan fingerprint density at radius 2 is 1.88 bits per heavy atom. The van der Waals surface area contributed by atoms with Gasteiger partial charge in [0.25, 0.3) is 0 Å². The minimum absolute atomic E-state index is 0.706. The second-order valence-corrected chi connectivity index (χ2v) is 3.60. The summed E-state index contributed by atoms with van der Waals surface area (Å²) >= 11 is 0. The fourth-order valence-corrected chi connectivity index (χ4v) is 1.52. The van der Waals surface area contributed by atoms with Crippen molar-refractivity contribution in [3.8, 4) is 11.5 Å². The number of hydrogen-bond donors (Lipinski definition) is 1. The second kappa shape index (κ2) is 6.23. The molecule has 16 heavy (non-hydrogen) atoms. The van der Waals surface area contributed by atoms with Crippen LogP contribution in [-0.2, 0) is 0 Å². The number of methoxy groups -OCH3 is 2. The van der Waals surface area contributed by atoms with E-state index in [1.165, 1.54) is 0 Å². The van der Waals surface area contributed by atoms with Crippen LogP contribution in [0, 0.1) is 0 Å². The van der Waals surface area contributed by atoms with Gasteiger partial charge in [0.05, 0.1) is 14.2 Å². The first-order valence-corrected chi connectivity index (χ1v) is 5.36. The van der Waals surface area contributed by atoms with Crippen molar-refractivity contribution in [2.24, 2.45) is 5.73 Å². The molecule has 0 aliphatic carbocycles. The van der Waals surface area contributed by atoms with E-state index in [9.17, 15) is 0 Å². The highest BCUT2D eigenvalue weighted by atomic mass is 16.5. The van der Waals surface area contributed by atoms with Crippen LogP contribution in [0.5, 0.6) is 11.5 Å². The first kappa shape index (κ1) is 12.6. The number of hydrogen-bond acceptors (Lipinski definition) is 4. The summed E-state index contributed by atoms with van der Waals surface area (Å²) in [7, 11) is 5.31. The zero-order valence-corrected chi connectivity index (χ0v) is 10.2. The molecule has 0 aliphatic rings. The highest BCUT2D eigenvalue weighted by molar-refractivity contribution is 5.55. The molecule has 1 aromatic carbocycles. The maximum absolute atomic E-state index is 5.49. The van der Waals surface area contributed by atoms with Gasteiger partial charge in [0, 0.05) is 25.3 Å². The Morgan fingerprint density at radius 3 is 2.44 bits per heavy atom. The Bertz CT molecular complexity index is 329. The molecule has 4 nitrogen and oxygen atoms in total. The van der Waals surface area contributed by atoms with Crippen molar-refractivity contribution in [1.29, 1.82) is 0 Å². The molecule has 0 radical (unpaired) electrons. The summed E-state index contributed by atoms with van der Waals surface area (Å²) in [5, 5.41) is 0. The molecular formula is C12H20N2O2. The maximum atomic E-state index is 5.49. The molecule has 0 amide bonds. The second-order valence-electron chi connectivity index (χ2n) is 3.60. The summed E-state index contributed by atoms with van der Waals surface area (Å²) in [6.07, 6.45) is 0.977. The van der Waals surface area contributed by atoms with Gasteiger partial charge in [0.1, 0.15) is 0 Å². The van der Waals surface area contributed by atoms with Gasteiger partial charge in [0.2, 0.25) is 0 Å². The van der Waals surface area contributed by atoms with Gasteiger partial charge in [-0.3, -0.25) is 0 Å². The smallest absolute Gasteiger partial charge is 0.162 e. The lowest BCUT2D eigenvalue weighted by molar-refractivity contribution is 0.355. The minimum atomic E-state index is 0.706. The Morgan fingerprint density at radius 1 is 1.19 bits per heavy atom. The van der Waals surface area contributed by atoms with Crippen LogP contribution in [0.2, 0.25) is 0 Å². The van der Waals surface area contributed by atoms with Crippen LogP contribution in [0.15, 0.2) is 18.2 Å². The van der Waals surface area contributed by atoms with Crippen molar-refractivity contribution in [3.63, 3.8) is 0 Å². The Balaban J connectivity index is 2.81. The molecule has 0 bridgehead atoms. The molecule has 0 atom stereocenters. The molecule has 90 valence electrons. The standard InChI is InChI=1S/C12H20N2O2/c1-14(8-4-7-13)10-5-6-11(15-2)12(9-10)16-3/h5-6,9H,4,7-8,13H2,1-3H3. The highest BCUT2D eigenvalue weighted by Gasteiger charge is 2.07. The molecule has 0 fully saturated rings. The quantitative estimate of drug-likeness (QED) is 0.795. The van der Waals surface area contributed by atoms with Crippen LogP contribution in [0.1, 0.15) is 6.42 Å². The average molecular weight is 224 g/mol. The zero-order chi connectivity index (χ0) is 12.0. The van der Waals surface area contributed by atoms with E-state index in [0.717, 1.165) is 30.2 Å². The SMILES string of the molecule is COc1ccc(N(C)CCCN)cc1OC. The lowest BCUT2D eigenvalue weighted by atomic mass is 10.2. The average Bonchev–Trinajstić information content (AvgIpc) is 2.34. The van der Waals surface area contributed by atoms with E-state index >= 15 is 0 Å². The molecule has 2 N–H and O–H groups in total. The Kier molecular flexibility index (Phi) is 4.92. The van der Waals surface area contributed by atoms with Crippen molar-refractivity contribution in [3.05, 3.63) is 18.2 Å². The van der Waals surface area contributed by atoms with E-state index < -0.39 is 0 Å². The molecule has 1 rings (SSSR count). The molecule has 0 aliphatic heterocycles. The van der Waals surface area contributed by atoms with E-state index in [1.54, 1.807) is 14.2 Å². The number of benzene rings is 1. The van der Waals surface area contributed by atoms with Crippen molar-refractivity contribution < 1.29 is 9.47 Å². The van der Waals surface area contributed by atoms with Crippen molar-refractivity contribution >= 4 is 5.69 Å². The molecule has 4 heteroatoms. The highest BCUT2D eigenvalue weighted by Crippen LogP contribution is 2.30. The van der Waals surface area contributed by atoms with Gasteiger partial charge in [-0.2, -0.15) is 0 Å². The normalized spacial score (nSPS) is 10.0. The first-order chi connectivity index (χ1) is 7.72. The van der Waals surface area contributed by atoms with Gasteiger partial charge < -0.3 is 20.1 Å². The molecule has 0 saturated heterocycles. The summed E-state index contributed by atoms with van der Waals surface area (Å²) in [6.45, 7) is 1.64. The monoisotopic (exact) mass is 224 g/mol. The third-order valence-electron chi connectivity index (χ3n) is 2.51. The Hall–Kier alpha value is -1.42. The molecule has 1 aromatic rings. The molecule has 0 saturated carbocycles. The van der Waals surface area contributed by atoms with Crippen molar-refractivity contribution in [1.82, 2.24) is 0 Å². The third-order valence-corrected chi connectivity index (χ3v) is 2.51. The number of nitrogens with two attached hydrogens (primary N) is 1. The Labute approximate surface area is 96.9 Å². The van der Waals surface area contributed by atoms with Gasteiger partial charge in [-0.1, -0.05) is 0 Å². The predicted octanol–water partition coefficient (Wildman–Crippen LogP) is 1.49. The summed E-state index contributed by atoms with van der Waals surface area (Å²) in [5.41, 5.74) is 6.59. The fraction of sp³-hybridized carbons (Fsp3) is 0.500. The van der Waals surface area contributed by atoms with Crippen LogP contribution >= 0.6 is 0 Å². The van der Waals surface area contributed by atoms with Gasteiger partial charge in [0.15, 0.2) is 11.5 Å². The minimum Gasteiger partial charge on any atom is -0.493 e. The van der Waals surface area contributed by atoms with E-state index in [0.29, 0.717) is 6.54 Å². The summed E-state index contributed by atoms with van der Waals surface area (Å²) in [4.78, 5) is 2.15. The predicted molar refractivity (Wildman–Crippen MR) is 66.5 cm³/mol. The number of rotatable bonds is 6.